The zero-order valence-electron chi connectivity index (χ0n) is 15.3. The molecule has 1 amide bonds. The molecule has 0 saturated heterocycles. The molecule has 0 aliphatic heterocycles. The van der Waals surface area contributed by atoms with Crippen LogP contribution in [0, 0.1) is 11.7 Å². The van der Waals surface area contributed by atoms with E-state index in [0.29, 0.717) is 28.5 Å². The first kappa shape index (κ1) is 19.1. The number of halogens is 2. The predicted molar refractivity (Wildman–Crippen MR) is 104 cm³/mol. The van der Waals surface area contributed by atoms with Crippen LogP contribution in [-0.2, 0) is 11.2 Å². The molecule has 1 heterocycles. The van der Waals surface area contributed by atoms with E-state index in [1.165, 1.54) is 24.3 Å². The van der Waals surface area contributed by atoms with Gasteiger partial charge in [0.15, 0.2) is 0 Å². The Kier molecular flexibility index (Phi) is 5.33. The van der Waals surface area contributed by atoms with E-state index < -0.39 is 11.4 Å². The maximum absolute atomic E-state index is 13.4. The van der Waals surface area contributed by atoms with Gasteiger partial charge in [-0.25, -0.2) is 9.18 Å². The third kappa shape index (κ3) is 4.03. The van der Waals surface area contributed by atoms with Gasteiger partial charge < -0.3 is 9.32 Å². The molecule has 0 aliphatic carbocycles. The summed E-state index contributed by atoms with van der Waals surface area (Å²) in [5, 5.41) is 0.912. The number of rotatable bonds is 4. The van der Waals surface area contributed by atoms with Gasteiger partial charge in [-0.3, -0.25) is 4.79 Å². The number of amides is 1. The van der Waals surface area contributed by atoms with Crippen LogP contribution in [0.2, 0.25) is 5.02 Å². The molecule has 1 atom stereocenters. The van der Waals surface area contributed by atoms with E-state index >= 15 is 0 Å². The van der Waals surface area contributed by atoms with Crippen LogP contribution in [0.3, 0.4) is 0 Å². The molecule has 0 N–H and O–H groups in total. The molecule has 0 spiro atoms. The van der Waals surface area contributed by atoms with Crippen LogP contribution < -0.4 is 5.63 Å². The summed E-state index contributed by atoms with van der Waals surface area (Å²) in [6.07, 6.45) is 0.526. The molecule has 0 bridgehead atoms. The Morgan fingerprint density at radius 2 is 1.89 bits per heavy atom. The highest BCUT2D eigenvalue weighted by Crippen LogP contribution is 2.33. The summed E-state index contributed by atoms with van der Waals surface area (Å²) in [4.78, 5) is 25.7. The van der Waals surface area contributed by atoms with Crippen LogP contribution in [0.25, 0.3) is 22.1 Å². The fraction of sp³-hybridized carbons (Fsp3) is 0.238. The molecule has 4 nitrogen and oxygen atoms in total. The molecule has 0 saturated carbocycles. The van der Waals surface area contributed by atoms with Gasteiger partial charge in [-0.1, -0.05) is 30.7 Å². The van der Waals surface area contributed by atoms with E-state index in [1.54, 1.807) is 25.1 Å². The topological polar surface area (TPSA) is 50.5 Å². The Hall–Kier alpha value is -2.66. The van der Waals surface area contributed by atoms with Gasteiger partial charge in [0.2, 0.25) is 5.91 Å². The number of nitrogens with zero attached hydrogens (tertiary/aromatic N) is 1. The van der Waals surface area contributed by atoms with Crippen LogP contribution >= 0.6 is 11.6 Å². The van der Waals surface area contributed by atoms with Crippen LogP contribution in [-0.4, -0.2) is 24.9 Å². The second kappa shape index (κ2) is 7.53. The first-order valence-corrected chi connectivity index (χ1v) is 8.87. The number of hydrogen-bond acceptors (Lipinski definition) is 3. The molecule has 27 heavy (non-hydrogen) atoms. The van der Waals surface area contributed by atoms with Crippen molar-refractivity contribution in [2.45, 2.75) is 13.3 Å². The highest BCUT2D eigenvalue weighted by molar-refractivity contribution is 6.33. The fourth-order valence-corrected chi connectivity index (χ4v) is 3.42. The normalized spacial score (nSPS) is 12.2. The third-order valence-corrected chi connectivity index (χ3v) is 4.75. The van der Waals surface area contributed by atoms with Crippen molar-refractivity contribution in [1.29, 1.82) is 0 Å². The third-order valence-electron chi connectivity index (χ3n) is 4.43. The molecule has 2 aromatic carbocycles. The molecule has 6 heteroatoms. The minimum absolute atomic E-state index is 0.0309. The summed E-state index contributed by atoms with van der Waals surface area (Å²) in [5.74, 6) is -0.611. The summed E-state index contributed by atoms with van der Waals surface area (Å²) in [6, 6.07) is 10.9. The molecule has 0 radical (unpaired) electrons. The van der Waals surface area contributed by atoms with Gasteiger partial charge in [0, 0.05) is 42.6 Å². The summed E-state index contributed by atoms with van der Waals surface area (Å²) in [5.41, 5.74) is 1.90. The zero-order valence-corrected chi connectivity index (χ0v) is 16.0. The van der Waals surface area contributed by atoms with Crippen molar-refractivity contribution in [3.63, 3.8) is 0 Å². The number of carbonyl (C=O) groups excluding carboxylic acids is 1. The second-order valence-electron chi connectivity index (χ2n) is 6.77. The van der Waals surface area contributed by atoms with Crippen molar-refractivity contribution in [2.24, 2.45) is 5.92 Å². The maximum Gasteiger partial charge on any atom is 0.336 e. The first-order valence-electron chi connectivity index (χ1n) is 8.49. The van der Waals surface area contributed by atoms with Gasteiger partial charge in [-0.15, -0.1) is 0 Å². The lowest BCUT2D eigenvalue weighted by Crippen LogP contribution is -2.29. The Bertz CT molecular complexity index is 1070. The minimum Gasteiger partial charge on any atom is -0.423 e. The maximum atomic E-state index is 13.4. The fourth-order valence-electron chi connectivity index (χ4n) is 3.15. The van der Waals surface area contributed by atoms with E-state index in [4.69, 9.17) is 16.0 Å². The Morgan fingerprint density at radius 3 is 2.56 bits per heavy atom. The monoisotopic (exact) mass is 387 g/mol. The Morgan fingerprint density at radius 1 is 1.15 bits per heavy atom. The van der Waals surface area contributed by atoms with Crippen LogP contribution in [0.5, 0.6) is 0 Å². The van der Waals surface area contributed by atoms with Gasteiger partial charge in [-0.2, -0.15) is 0 Å². The SMILES string of the molecule is C[C@H](Cc1ccc2c(-c3ccc(F)cc3Cl)cc(=O)oc2c1)C(=O)N(C)C. The standard InChI is InChI=1S/C21H19ClFNO3/c1-12(21(26)24(2)3)8-13-4-6-16-17(11-20(25)27-19(16)9-13)15-7-5-14(23)10-18(15)22/h4-7,9-12H,8H2,1-3H3/t12-/m1/s1. The van der Waals surface area contributed by atoms with E-state index in [1.807, 2.05) is 19.1 Å². The van der Waals surface area contributed by atoms with Crippen molar-refractivity contribution in [3.05, 3.63) is 69.3 Å². The van der Waals surface area contributed by atoms with Crippen molar-refractivity contribution in [1.82, 2.24) is 4.90 Å². The lowest BCUT2D eigenvalue weighted by atomic mass is 9.96. The molecular formula is C21H19ClFNO3. The molecule has 3 aromatic rings. The first-order chi connectivity index (χ1) is 12.8. The molecule has 1 aromatic heterocycles. The molecule has 140 valence electrons. The van der Waals surface area contributed by atoms with Gasteiger partial charge in [0.25, 0.3) is 0 Å². The van der Waals surface area contributed by atoms with E-state index in [2.05, 4.69) is 0 Å². The average Bonchev–Trinajstić information content (AvgIpc) is 2.60. The molecular weight excluding hydrogens is 369 g/mol. The highest BCUT2D eigenvalue weighted by atomic mass is 35.5. The van der Waals surface area contributed by atoms with E-state index in [0.717, 1.165) is 5.56 Å². The number of benzene rings is 2. The largest absolute Gasteiger partial charge is 0.423 e. The smallest absolute Gasteiger partial charge is 0.336 e. The quantitative estimate of drug-likeness (QED) is 0.618. The summed E-state index contributed by atoms with van der Waals surface area (Å²) in [6.45, 7) is 1.86. The lowest BCUT2D eigenvalue weighted by molar-refractivity contribution is -0.132. The highest BCUT2D eigenvalue weighted by Gasteiger charge is 2.17. The lowest BCUT2D eigenvalue weighted by Gasteiger charge is -2.17. The number of fused-ring (bicyclic) bond motifs is 1. The van der Waals surface area contributed by atoms with Gasteiger partial charge in [0.05, 0.1) is 5.02 Å². The van der Waals surface area contributed by atoms with Gasteiger partial charge >= 0.3 is 5.63 Å². The van der Waals surface area contributed by atoms with Crippen LogP contribution in [0.1, 0.15) is 12.5 Å². The van der Waals surface area contributed by atoms with Gasteiger partial charge in [-0.05, 0) is 36.2 Å². The number of hydrogen-bond donors (Lipinski definition) is 0. The second-order valence-corrected chi connectivity index (χ2v) is 7.18. The summed E-state index contributed by atoms with van der Waals surface area (Å²) in [7, 11) is 3.44. The Balaban J connectivity index is 2.06. The molecule has 3 rings (SSSR count). The predicted octanol–water partition coefficient (Wildman–Crippen LogP) is 4.52. The van der Waals surface area contributed by atoms with Crippen molar-refractivity contribution >= 4 is 28.5 Å². The van der Waals surface area contributed by atoms with Crippen molar-refractivity contribution < 1.29 is 13.6 Å². The zero-order chi connectivity index (χ0) is 19.7. The van der Waals surface area contributed by atoms with E-state index in [9.17, 15) is 14.0 Å². The van der Waals surface area contributed by atoms with E-state index in [-0.39, 0.29) is 16.8 Å². The summed E-state index contributed by atoms with van der Waals surface area (Å²) >= 11 is 6.17. The summed E-state index contributed by atoms with van der Waals surface area (Å²) < 4.78 is 18.7. The van der Waals surface area contributed by atoms with Crippen molar-refractivity contribution in [3.8, 4) is 11.1 Å². The Labute approximate surface area is 161 Å². The number of carbonyl (C=O) groups is 1. The molecule has 0 unspecified atom stereocenters. The van der Waals surface area contributed by atoms with Gasteiger partial charge in [0.1, 0.15) is 11.4 Å². The molecule has 0 aliphatic rings. The van der Waals surface area contributed by atoms with Crippen LogP contribution in [0.4, 0.5) is 4.39 Å². The van der Waals surface area contributed by atoms with Crippen LogP contribution in [0.15, 0.2) is 51.7 Å². The van der Waals surface area contributed by atoms with Crippen molar-refractivity contribution in [2.75, 3.05) is 14.1 Å². The minimum atomic E-state index is -0.521. The average molecular weight is 388 g/mol. The molecule has 0 fully saturated rings.